The normalized spacial score (nSPS) is 18.7. The molecule has 2 aromatic heterocycles. The second-order valence-electron chi connectivity index (χ2n) is 7.50. The standard InChI is InChI=1S/C20H20N6O2/c1-12(2)16-10-15(23-20-21-11-22-26(16)20)19(28)25-9-5-8-24-17(25)13-6-3-4-7-14(13)18(24)27/h3-4,6-7,10-12,17H,5,8-9H2,1-2H3. The summed E-state index contributed by atoms with van der Waals surface area (Å²) in [6.45, 7) is 5.31. The van der Waals surface area contributed by atoms with E-state index in [-0.39, 0.29) is 23.9 Å². The average molecular weight is 376 g/mol. The Morgan fingerprint density at radius 2 is 2.04 bits per heavy atom. The number of hydrogen-bond donors (Lipinski definition) is 0. The third-order valence-electron chi connectivity index (χ3n) is 5.47. The van der Waals surface area contributed by atoms with Crippen molar-refractivity contribution >= 4 is 17.6 Å². The summed E-state index contributed by atoms with van der Waals surface area (Å²) in [4.78, 5) is 38.4. The Morgan fingerprint density at radius 1 is 1.21 bits per heavy atom. The minimum atomic E-state index is -0.372. The van der Waals surface area contributed by atoms with E-state index in [0.29, 0.717) is 30.1 Å². The van der Waals surface area contributed by atoms with Crippen molar-refractivity contribution < 1.29 is 9.59 Å². The Balaban J connectivity index is 1.59. The van der Waals surface area contributed by atoms with Crippen molar-refractivity contribution in [2.24, 2.45) is 0 Å². The first-order chi connectivity index (χ1) is 13.6. The summed E-state index contributed by atoms with van der Waals surface area (Å²) in [7, 11) is 0. The van der Waals surface area contributed by atoms with Crippen molar-refractivity contribution in [3.05, 3.63) is 59.2 Å². The molecule has 1 aromatic carbocycles. The Labute approximate surface area is 161 Å². The molecule has 8 heteroatoms. The molecular formula is C20H20N6O2. The van der Waals surface area contributed by atoms with Crippen molar-refractivity contribution in [1.82, 2.24) is 29.4 Å². The second kappa shape index (κ2) is 6.12. The zero-order valence-corrected chi connectivity index (χ0v) is 15.7. The van der Waals surface area contributed by atoms with Crippen LogP contribution in [0.5, 0.6) is 0 Å². The van der Waals surface area contributed by atoms with Gasteiger partial charge in [-0.15, -0.1) is 0 Å². The lowest BCUT2D eigenvalue weighted by Gasteiger charge is -2.40. The van der Waals surface area contributed by atoms with E-state index in [2.05, 4.69) is 15.1 Å². The lowest BCUT2D eigenvalue weighted by atomic mass is 10.1. The summed E-state index contributed by atoms with van der Waals surface area (Å²) in [5, 5.41) is 4.21. The summed E-state index contributed by atoms with van der Waals surface area (Å²) in [5.74, 6) is 0.366. The van der Waals surface area contributed by atoms with Crippen LogP contribution in [-0.4, -0.2) is 54.3 Å². The van der Waals surface area contributed by atoms with Gasteiger partial charge < -0.3 is 9.80 Å². The van der Waals surface area contributed by atoms with Crippen molar-refractivity contribution in [3.63, 3.8) is 0 Å². The molecule has 2 aliphatic heterocycles. The molecule has 1 unspecified atom stereocenters. The fourth-order valence-electron chi connectivity index (χ4n) is 4.16. The van der Waals surface area contributed by atoms with Crippen LogP contribution in [0.15, 0.2) is 36.7 Å². The number of fused-ring (bicyclic) bond motifs is 4. The number of rotatable bonds is 2. The monoisotopic (exact) mass is 376 g/mol. The van der Waals surface area contributed by atoms with Gasteiger partial charge in [-0.3, -0.25) is 9.59 Å². The van der Waals surface area contributed by atoms with Crippen LogP contribution in [0, 0.1) is 0 Å². The molecule has 1 atom stereocenters. The highest BCUT2D eigenvalue weighted by molar-refractivity contribution is 6.01. The third-order valence-corrected chi connectivity index (χ3v) is 5.47. The molecular weight excluding hydrogens is 356 g/mol. The minimum Gasteiger partial charge on any atom is -0.314 e. The number of carbonyl (C=O) groups excluding carboxylic acids is 2. The lowest BCUT2D eigenvalue weighted by molar-refractivity contribution is 0.0160. The van der Waals surface area contributed by atoms with Crippen LogP contribution in [-0.2, 0) is 0 Å². The topological polar surface area (TPSA) is 83.7 Å². The predicted molar refractivity (Wildman–Crippen MR) is 101 cm³/mol. The molecule has 0 spiro atoms. The molecule has 28 heavy (non-hydrogen) atoms. The first-order valence-electron chi connectivity index (χ1n) is 9.48. The Kier molecular flexibility index (Phi) is 3.68. The Bertz CT molecular complexity index is 1110. The van der Waals surface area contributed by atoms with E-state index in [9.17, 15) is 9.59 Å². The fourth-order valence-corrected chi connectivity index (χ4v) is 4.16. The molecule has 0 N–H and O–H groups in total. The maximum atomic E-state index is 13.5. The van der Waals surface area contributed by atoms with Crippen LogP contribution < -0.4 is 0 Å². The molecule has 1 fully saturated rings. The van der Waals surface area contributed by atoms with Gasteiger partial charge in [0.05, 0.1) is 5.69 Å². The van der Waals surface area contributed by atoms with Gasteiger partial charge in [0.1, 0.15) is 18.2 Å². The highest BCUT2D eigenvalue weighted by atomic mass is 16.2. The van der Waals surface area contributed by atoms with Crippen LogP contribution >= 0.6 is 0 Å². The SMILES string of the molecule is CC(C)c1cc(C(=O)N2CCCN3C(=O)c4ccccc4C23)nc2ncnn12. The second-order valence-corrected chi connectivity index (χ2v) is 7.50. The highest BCUT2D eigenvalue weighted by Crippen LogP contribution is 2.39. The molecule has 3 aromatic rings. The van der Waals surface area contributed by atoms with Gasteiger partial charge in [-0.2, -0.15) is 10.1 Å². The van der Waals surface area contributed by atoms with Gasteiger partial charge in [0.2, 0.25) is 0 Å². The number of nitrogens with zero attached hydrogens (tertiary/aromatic N) is 6. The number of amides is 2. The summed E-state index contributed by atoms with van der Waals surface area (Å²) < 4.78 is 1.67. The largest absolute Gasteiger partial charge is 0.314 e. The summed E-state index contributed by atoms with van der Waals surface area (Å²) in [6.07, 6.45) is 1.81. The molecule has 2 aliphatic rings. The van der Waals surface area contributed by atoms with Crippen LogP contribution in [0.4, 0.5) is 0 Å². The van der Waals surface area contributed by atoms with E-state index in [1.807, 2.05) is 38.1 Å². The Morgan fingerprint density at radius 3 is 2.86 bits per heavy atom. The predicted octanol–water partition coefficient (Wildman–Crippen LogP) is 2.25. The maximum Gasteiger partial charge on any atom is 0.274 e. The highest BCUT2D eigenvalue weighted by Gasteiger charge is 2.44. The summed E-state index contributed by atoms with van der Waals surface area (Å²) in [6, 6.07) is 9.31. The first-order valence-corrected chi connectivity index (χ1v) is 9.48. The molecule has 0 aliphatic carbocycles. The van der Waals surface area contributed by atoms with E-state index in [0.717, 1.165) is 17.7 Å². The maximum absolute atomic E-state index is 13.5. The van der Waals surface area contributed by atoms with Gasteiger partial charge >= 0.3 is 0 Å². The zero-order valence-electron chi connectivity index (χ0n) is 15.7. The van der Waals surface area contributed by atoms with Crippen molar-refractivity contribution in [3.8, 4) is 0 Å². The van der Waals surface area contributed by atoms with E-state index in [4.69, 9.17) is 0 Å². The molecule has 4 heterocycles. The van der Waals surface area contributed by atoms with Crippen LogP contribution in [0.25, 0.3) is 5.78 Å². The smallest absolute Gasteiger partial charge is 0.274 e. The van der Waals surface area contributed by atoms with Gasteiger partial charge in [0.15, 0.2) is 0 Å². The quantitative estimate of drug-likeness (QED) is 0.685. The molecule has 5 rings (SSSR count). The zero-order chi connectivity index (χ0) is 19.4. The number of aromatic nitrogens is 4. The molecule has 142 valence electrons. The van der Waals surface area contributed by atoms with Gasteiger partial charge in [-0.25, -0.2) is 9.50 Å². The van der Waals surface area contributed by atoms with Gasteiger partial charge in [0.25, 0.3) is 17.6 Å². The van der Waals surface area contributed by atoms with Crippen molar-refractivity contribution in [2.75, 3.05) is 13.1 Å². The van der Waals surface area contributed by atoms with E-state index >= 15 is 0 Å². The van der Waals surface area contributed by atoms with Crippen molar-refractivity contribution in [1.29, 1.82) is 0 Å². The molecule has 0 bridgehead atoms. The van der Waals surface area contributed by atoms with E-state index in [1.165, 1.54) is 6.33 Å². The number of benzene rings is 1. The first kappa shape index (κ1) is 16.9. The Hall–Kier alpha value is -3.29. The van der Waals surface area contributed by atoms with Crippen LogP contribution in [0.3, 0.4) is 0 Å². The van der Waals surface area contributed by atoms with E-state index in [1.54, 1.807) is 20.4 Å². The third kappa shape index (κ3) is 2.33. The fraction of sp³-hybridized carbons (Fsp3) is 0.350. The number of carbonyl (C=O) groups is 2. The van der Waals surface area contributed by atoms with E-state index < -0.39 is 0 Å². The van der Waals surface area contributed by atoms with Gasteiger partial charge in [0, 0.05) is 24.2 Å². The molecule has 8 nitrogen and oxygen atoms in total. The average Bonchev–Trinajstić information content (AvgIpc) is 3.30. The minimum absolute atomic E-state index is 0.0122. The molecule has 0 saturated carbocycles. The lowest BCUT2D eigenvalue weighted by Crippen LogP contribution is -2.49. The van der Waals surface area contributed by atoms with Gasteiger partial charge in [-0.1, -0.05) is 32.0 Å². The molecule has 0 radical (unpaired) electrons. The molecule has 2 amide bonds. The molecule has 1 saturated heterocycles. The van der Waals surface area contributed by atoms with Crippen LogP contribution in [0.1, 0.15) is 64.5 Å². The summed E-state index contributed by atoms with van der Waals surface area (Å²) in [5.41, 5.74) is 2.77. The summed E-state index contributed by atoms with van der Waals surface area (Å²) >= 11 is 0. The van der Waals surface area contributed by atoms with Crippen molar-refractivity contribution in [2.45, 2.75) is 32.4 Å². The van der Waals surface area contributed by atoms with Gasteiger partial charge in [-0.05, 0) is 24.5 Å². The number of hydrogen-bond acceptors (Lipinski definition) is 5. The van der Waals surface area contributed by atoms with Crippen LogP contribution in [0.2, 0.25) is 0 Å².